The minimum Gasteiger partial charge on any atom is -0.456 e. The molecule has 0 radical (unpaired) electrons. The van der Waals surface area contributed by atoms with Gasteiger partial charge in [0.15, 0.2) is 0 Å². The lowest BCUT2D eigenvalue weighted by molar-refractivity contribution is 0.332. The van der Waals surface area contributed by atoms with Crippen LogP contribution in [0.1, 0.15) is 78.0 Å². The molecule has 0 saturated heterocycles. The van der Waals surface area contributed by atoms with Gasteiger partial charge in [-0.1, -0.05) is 127 Å². The lowest BCUT2D eigenvalue weighted by atomic mass is 9.43. The largest absolute Gasteiger partial charge is 0.456 e. The Morgan fingerprint density at radius 2 is 1.29 bits per heavy atom. The first kappa shape index (κ1) is 39.5. The summed E-state index contributed by atoms with van der Waals surface area (Å²) < 4.78 is 19.0. The Labute approximate surface area is 400 Å². The molecule has 8 aromatic carbocycles. The summed E-state index contributed by atoms with van der Waals surface area (Å²) >= 11 is 0. The summed E-state index contributed by atoms with van der Waals surface area (Å²) in [5.41, 5.74) is 21.7. The highest BCUT2D eigenvalue weighted by Crippen LogP contribution is 2.55. The molecular formula is C62H51BN4O2. The second kappa shape index (κ2) is 13.0. The van der Waals surface area contributed by atoms with Gasteiger partial charge in [-0.3, -0.25) is 0 Å². The van der Waals surface area contributed by atoms with Gasteiger partial charge in [-0.25, -0.2) is 4.98 Å². The average molecular weight is 895 g/mol. The van der Waals surface area contributed by atoms with Gasteiger partial charge < -0.3 is 22.8 Å². The third-order valence-corrected chi connectivity index (χ3v) is 16.7. The van der Waals surface area contributed by atoms with Crippen LogP contribution >= 0.6 is 0 Å². The van der Waals surface area contributed by atoms with Crippen molar-refractivity contribution in [2.24, 2.45) is 7.05 Å². The molecule has 69 heavy (non-hydrogen) atoms. The van der Waals surface area contributed by atoms with Crippen molar-refractivity contribution < 1.29 is 8.83 Å². The number of hydrogen-bond acceptors (Lipinski definition) is 4. The maximum atomic E-state index is 7.33. The number of anilines is 2. The van der Waals surface area contributed by atoms with E-state index in [-0.39, 0.29) is 23.1 Å². The van der Waals surface area contributed by atoms with Crippen molar-refractivity contribution in [2.45, 2.75) is 77.6 Å². The first-order valence-corrected chi connectivity index (χ1v) is 24.7. The zero-order valence-electron chi connectivity index (χ0n) is 40.4. The van der Waals surface area contributed by atoms with Gasteiger partial charge in [0.25, 0.3) is 0 Å². The minimum atomic E-state index is -0.240. The highest BCUT2D eigenvalue weighted by Gasteiger charge is 2.47. The topological polar surface area (TPSA) is 52.3 Å². The number of para-hydroxylation sites is 2. The van der Waals surface area contributed by atoms with Gasteiger partial charge in [0.1, 0.15) is 28.2 Å². The predicted octanol–water partition coefficient (Wildman–Crippen LogP) is 15.0. The molecule has 0 spiro atoms. The molecule has 12 aromatic rings. The molecule has 0 N–H and O–H groups in total. The number of fused-ring (bicyclic) bond motifs is 18. The fourth-order valence-electron chi connectivity index (χ4n) is 13.0. The van der Waals surface area contributed by atoms with Crippen LogP contribution in [-0.2, 0) is 23.3 Å². The Kier molecular flexibility index (Phi) is 7.42. The van der Waals surface area contributed by atoms with E-state index in [0.717, 1.165) is 85.1 Å². The number of benzene rings is 8. The Bertz CT molecular complexity index is 4250. The summed E-state index contributed by atoms with van der Waals surface area (Å²) in [7, 11) is 2.17. The van der Waals surface area contributed by atoms with Crippen molar-refractivity contribution >= 4 is 106 Å². The lowest BCUT2D eigenvalue weighted by Gasteiger charge is -2.42. The summed E-state index contributed by atoms with van der Waals surface area (Å²) in [6.07, 6.45) is 2.27. The van der Waals surface area contributed by atoms with E-state index in [1.54, 1.807) is 0 Å². The first-order valence-electron chi connectivity index (χ1n) is 24.7. The fourth-order valence-corrected chi connectivity index (χ4v) is 13.0. The molecule has 6 heterocycles. The molecule has 334 valence electrons. The summed E-state index contributed by atoms with van der Waals surface area (Å²) in [4.78, 5) is 8.10. The summed E-state index contributed by atoms with van der Waals surface area (Å²) in [5.74, 6) is 0.951. The second-order valence-corrected chi connectivity index (χ2v) is 22.6. The maximum absolute atomic E-state index is 7.33. The fraction of sp³-hybridized carbons (Fsp3) is 0.210. The Hall–Kier alpha value is -7.51. The molecule has 3 aliphatic rings. The van der Waals surface area contributed by atoms with E-state index in [4.69, 9.17) is 13.8 Å². The Morgan fingerprint density at radius 3 is 2.03 bits per heavy atom. The number of hydrogen-bond donors (Lipinski definition) is 0. The molecule has 0 fully saturated rings. The van der Waals surface area contributed by atoms with Crippen LogP contribution in [0.4, 0.5) is 11.4 Å². The van der Waals surface area contributed by atoms with Crippen molar-refractivity contribution in [1.29, 1.82) is 0 Å². The quantitative estimate of drug-likeness (QED) is 0.162. The predicted molar refractivity (Wildman–Crippen MR) is 288 cm³/mol. The Morgan fingerprint density at radius 1 is 0.609 bits per heavy atom. The monoisotopic (exact) mass is 894 g/mol. The summed E-state index contributed by atoms with van der Waals surface area (Å²) in [6.45, 7) is 16.4. The third-order valence-electron chi connectivity index (χ3n) is 16.7. The van der Waals surface area contributed by atoms with Gasteiger partial charge in [-0.05, 0) is 117 Å². The van der Waals surface area contributed by atoms with Gasteiger partial charge in [-0.2, -0.15) is 0 Å². The molecule has 0 amide bonds. The van der Waals surface area contributed by atoms with E-state index in [0.29, 0.717) is 0 Å². The second-order valence-electron chi connectivity index (χ2n) is 22.6. The molecule has 0 atom stereocenters. The number of nitrogens with zero attached hydrogens (tertiary/aromatic N) is 4. The smallest absolute Gasteiger partial charge is 0.333 e. The molecule has 0 unspecified atom stereocenters. The summed E-state index contributed by atoms with van der Waals surface area (Å²) in [5, 5.41) is 6.94. The van der Waals surface area contributed by atoms with Crippen molar-refractivity contribution in [3.8, 4) is 28.2 Å². The van der Waals surface area contributed by atoms with Crippen LogP contribution < -0.4 is 15.7 Å². The molecule has 1 aliphatic carbocycles. The van der Waals surface area contributed by atoms with E-state index < -0.39 is 0 Å². The molecule has 2 aliphatic heterocycles. The highest BCUT2D eigenvalue weighted by atomic mass is 16.3. The van der Waals surface area contributed by atoms with Gasteiger partial charge in [0.2, 0.25) is 0 Å². The van der Waals surface area contributed by atoms with E-state index in [1.807, 2.05) is 0 Å². The van der Waals surface area contributed by atoms with Gasteiger partial charge >= 0.3 is 6.85 Å². The zero-order chi connectivity index (χ0) is 46.6. The van der Waals surface area contributed by atoms with Crippen LogP contribution in [0.15, 0.2) is 148 Å². The molecule has 6 nitrogen and oxygen atoms in total. The van der Waals surface area contributed by atoms with Crippen LogP contribution in [0.2, 0.25) is 0 Å². The van der Waals surface area contributed by atoms with E-state index in [2.05, 4.69) is 209 Å². The number of rotatable bonds is 2. The van der Waals surface area contributed by atoms with Crippen LogP contribution in [0.25, 0.3) is 105 Å². The van der Waals surface area contributed by atoms with Crippen molar-refractivity contribution in [1.82, 2.24) is 14.1 Å². The van der Waals surface area contributed by atoms with Gasteiger partial charge in [0, 0.05) is 68.2 Å². The normalized spacial score (nSPS) is 15.9. The van der Waals surface area contributed by atoms with E-state index >= 15 is 0 Å². The zero-order valence-corrected chi connectivity index (χ0v) is 40.4. The maximum Gasteiger partial charge on any atom is 0.333 e. The van der Waals surface area contributed by atoms with Crippen LogP contribution in [0.3, 0.4) is 0 Å². The number of furan rings is 2. The van der Waals surface area contributed by atoms with E-state index in [1.165, 1.54) is 71.6 Å². The lowest BCUT2D eigenvalue weighted by Crippen LogP contribution is -2.60. The molecular weight excluding hydrogens is 844 g/mol. The molecule has 4 aromatic heterocycles. The standard InChI is InChI=1S/C62H51BN4O2/c1-60(2,3)35-22-24-36(25-23-35)67-47-33-52-39(37-18-12-14-20-50(37)68-52)28-40(47)53-54-38-19-13-15-21-51(38)69-58(54)55-41-29-42-43(62(6,7)27-26-61(42,4)5)30-46(41)66-48-32-49-45(31-44(48)63(67)56(53)57(55)66)64-59(65(49)8)34-16-10-9-11-17-34/h9-25,28-33H,26-27H2,1-8H3. The highest BCUT2D eigenvalue weighted by molar-refractivity contribution is 6.94. The Balaban J connectivity index is 1.19. The van der Waals surface area contributed by atoms with Crippen molar-refractivity contribution in [2.75, 3.05) is 4.81 Å². The first-order chi connectivity index (χ1) is 33.2. The number of aryl methyl sites for hydroxylation is 1. The molecule has 0 bridgehead atoms. The molecule has 15 rings (SSSR count). The van der Waals surface area contributed by atoms with Crippen LogP contribution in [0.5, 0.6) is 0 Å². The van der Waals surface area contributed by atoms with Gasteiger partial charge in [0.05, 0.1) is 27.5 Å². The molecule has 7 heteroatoms. The van der Waals surface area contributed by atoms with Gasteiger partial charge in [-0.15, -0.1) is 0 Å². The number of aromatic nitrogens is 3. The SMILES string of the molecule is Cn1c(-c2ccccc2)nc2cc3c(cc21)-n1c2cc4c(cc2c2c5oc6ccccc6c5c5c(c21)B3N(c1ccc(C(C)(C)C)cc1)c1cc2oc3ccccc3c2cc1-5)C(C)(C)CCC4(C)C. The molecule has 0 saturated carbocycles. The van der Waals surface area contributed by atoms with Crippen molar-refractivity contribution in [3.05, 3.63) is 156 Å². The number of imidazole rings is 1. The van der Waals surface area contributed by atoms with Crippen LogP contribution in [0, 0.1) is 0 Å². The third kappa shape index (κ3) is 5.10. The van der Waals surface area contributed by atoms with Crippen LogP contribution in [-0.4, -0.2) is 21.0 Å². The minimum absolute atomic E-state index is 0.00675. The summed E-state index contributed by atoms with van der Waals surface area (Å²) in [6, 6.07) is 51.8. The average Bonchev–Trinajstić information content (AvgIpc) is 4.10. The van der Waals surface area contributed by atoms with Crippen molar-refractivity contribution in [3.63, 3.8) is 0 Å². The van der Waals surface area contributed by atoms with E-state index in [9.17, 15) is 0 Å².